The molecule has 3 rings (SSSR count). The lowest BCUT2D eigenvalue weighted by Gasteiger charge is -2.39. The Hall–Kier alpha value is -2.35. The smallest absolute Gasteiger partial charge is 0.412 e. The van der Waals surface area contributed by atoms with E-state index in [0.29, 0.717) is 24.2 Å². The molecule has 2 N–H and O–H groups in total. The summed E-state index contributed by atoms with van der Waals surface area (Å²) >= 11 is 0. The van der Waals surface area contributed by atoms with Crippen molar-refractivity contribution < 1.29 is 14.3 Å². The summed E-state index contributed by atoms with van der Waals surface area (Å²) in [6.45, 7) is 8.47. The quantitative estimate of drug-likeness (QED) is 0.792. The number of hydrogen-bond donors (Lipinski definition) is 2. The highest BCUT2D eigenvalue weighted by Crippen LogP contribution is 2.32. The molecular weight excluding hydrogens is 336 g/mol. The summed E-state index contributed by atoms with van der Waals surface area (Å²) in [5.74, 6) is -0.251. The minimum absolute atomic E-state index is 0.115. The Morgan fingerprint density at radius 2 is 2.04 bits per heavy atom. The summed E-state index contributed by atoms with van der Waals surface area (Å²) in [5, 5.41) is 5.54. The van der Waals surface area contributed by atoms with Crippen molar-refractivity contribution in [1.29, 1.82) is 0 Å². The number of pyridine rings is 1. The largest absolute Gasteiger partial charge is 0.444 e. The molecule has 0 radical (unpaired) electrons. The molecule has 0 aromatic carbocycles. The van der Waals surface area contributed by atoms with E-state index in [4.69, 9.17) is 4.74 Å². The monoisotopic (exact) mass is 362 g/mol. The summed E-state index contributed by atoms with van der Waals surface area (Å²) in [4.78, 5) is 39.9. The minimum atomic E-state index is -0.771. The van der Waals surface area contributed by atoms with Crippen LogP contribution in [0.5, 0.6) is 0 Å². The fraction of sp³-hybridized carbons (Fsp3) is 0.611. The lowest BCUT2D eigenvalue weighted by molar-refractivity contribution is 0.0633. The van der Waals surface area contributed by atoms with Crippen LogP contribution >= 0.6 is 0 Å². The molecule has 0 aliphatic carbocycles. The number of piperidine rings is 1. The lowest BCUT2D eigenvalue weighted by atomic mass is 9.98. The van der Waals surface area contributed by atoms with Gasteiger partial charge in [0, 0.05) is 6.54 Å². The molecule has 2 amide bonds. The second-order valence-corrected chi connectivity index (χ2v) is 8.18. The van der Waals surface area contributed by atoms with E-state index in [0.717, 1.165) is 13.0 Å². The van der Waals surface area contributed by atoms with Crippen molar-refractivity contribution in [3.8, 4) is 0 Å². The molecule has 0 saturated carbocycles. The van der Waals surface area contributed by atoms with Crippen molar-refractivity contribution in [2.24, 2.45) is 0 Å². The SMILES string of the molecule is Cc1cc(NC(=O)OC(C)(C)C)c(=O)n2c1C(=O)NC21CCCN(C)C1. The van der Waals surface area contributed by atoms with Gasteiger partial charge in [-0.25, -0.2) is 4.79 Å². The number of likely N-dealkylation sites (tertiary alicyclic amines) is 1. The molecule has 1 fully saturated rings. The van der Waals surface area contributed by atoms with Crippen LogP contribution < -0.4 is 16.2 Å². The Morgan fingerprint density at radius 1 is 1.35 bits per heavy atom. The lowest BCUT2D eigenvalue weighted by Crippen LogP contribution is -2.57. The maximum absolute atomic E-state index is 13.1. The fourth-order valence-electron chi connectivity index (χ4n) is 3.79. The van der Waals surface area contributed by atoms with Crippen molar-refractivity contribution >= 4 is 17.7 Å². The first-order valence-corrected chi connectivity index (χ1v) is 8.81. The maximum Gasteiger partial charge on any atom is 0.412 e. The number of rotatable bonds is 1. The molecule has 1 unspecified atom stereocenters. The van der Waals surface area contributed by atoms with Gasteiger partial charge in [-0.3, -0.25) is 19.5 Å². The molecule has 2 aliphatic rings. The van der Waals surface area contributed by atoms with Crippen LogP contribution in [-0.4, -0.2) is 47.2 Å². The van der Waals surface area contributed by atoms with Crippen LogP contribution in [-0.2, 0) is 10.4 Å². The molecule has 2 aliphatic heterocycles. The summed E-state index contributed by atoms with van der Waals surface area (Å²) in [7, 11) is 1.96. The number of likely N-dealkylation sites (N-methyl/N-ethyl adjacent to an activating group) is 1. The van der Waals surface area contributed by atoms with Crippen LogP contribution in [0.25, 0.3) is 0 Å². The zero-order chi connectivity index (χ0) is 19.3. The molecule has 1 atom stereocenters. The molecular formula is C18H26N4O4. The van der Waals surface area contributed by atoms with Crippen LogP contribution in [0.4, 0.5) is 10.5 Å². The number of aryl methyl sites for hydroxylation is 1. The summed E-state index contributed by atoms with van der Waals surface area (Å²) < 4.78 is 6.76. The maximum atomic E-state index is 13.1. The molecule has 1 saturated heterocycles. The number of ether oxygens (including phenoxy) is 1. The predicted octanol–water partition coefficient (Wildman–Crippen LogP) is 1.63. The first-order chi connectivity index (χ1) is 12.0. The van der Waals surface area contributed by atoms with Gasteiger partial charge in [0.15, 0.2) is 0 Å². The third-order valence-corrected chi connectivity index (χ3v) is 4.68. The Balaban J connectivity index is 2.04. The topological polar surface area (TPSA) is 92.7 Å². The van der Waals surface area contributed by atoms with Crippen LogP contribution in [0.3, 0.4) is 0 Å². The molecule has 0 bridgehead atoms. The number of carbonyl (C=O) groups excluding carboxylic acids is 2. The molecule has 142 valence electrons. The second kappa shape index (κ2) is 6.12. The number of nitrogens with zero attached hydrogens (tertiary/aromatic N) is 2. The van der Waals surface area contributed by atoms with E-state index in [1.165, 1.54) is 10.6 Å². The van der Waals surface area contributed by atoms with Crippen molar-refractivity contribution in [1.82, 2.24) is 14.8 Å². The van der Waals surface area contributed by atoms with E-state index in [2.05, 4.69) is 15.5 Å². The number of anilines is 1. The van der Waals surface area contributed by atoms with Crippen molar-refractivity contribution in [3.63, 3.8) is 0 Å². The zero-order valence-corrected chi connectivity index (χ0v) is 15.9. The van der Waals surface area contributed by atoms with Gasteiger partial charge in [0.05, 0.1) is 0 Å². The van der Waals surface area contributed by atoms with Gasteiger partial charge in [0.2, 0.25) is 0 Å². The van der Waals surface area contributed by atoms with Crippen LogP contribution in [0.2, 0.25) is 0 Å². The van der Waals surface area contributed by atoms with Gasteiger partial charge in [-0.1, -0.05) is 0 Å². The third kappa shape index (κ3) is 3.21. The van der Waals surface area contributed by atoms with E-state index in [9.17, 15) is 14.4 Å². The Morgan fingerprint density at radius 3 is 2.65 bits per heavy atom. The van der Waals surface area contributed by atoms with E-state index in [-0.39, 0.29) is 11.6 Å². The van der Waals surface area contributed by atoms with Crippen molar-refractivity contribution in [3.05, 3.63) is 27.7 Å². The summed E-state index contributed by atoms with van der Waals surface area (Å²) in [6.07, 6.45) is 0.846. The second-order valence-electron chi connectivity index (χ2n) is 8.18. The highest BCUT2D eigenvalue weighted by atomic mass is 16.6. The molecule has 1 spiro atoms. The molecule has 1 aromatic rings. The molecule has 3 heterocycles. The van der Waals surface area contributed by atoms with Gasteiger partial charge in [0.25, 0.3) is 11.5 Å². The number of carbonyl (C=O) groups is 2. The normalized spacial score (nSPS) is 22.9. The van der Waals surface area contributed by atoms with Gasteiger partial charge in [-0.05, 0) is 65.8 Å². The minimum Gasteiger partial charge on any atom is -0.444 e. The van der Waals surface area contributed by atoms with Crippen LogP contribution in [0.1, 0.15) is 49.7 Å². The van der Waals surface area contributed by atoms with Crippen molar-refractivity contribution in [2.45, 2.75) is 51.8 Å². The van der Waals surface area contributed by atoms with E-state index in [1.54, 1.807) is 27.7 Å². The number of nitrogens with one attached hydrogen (secondary N) is 2. The number of aromatic nitrogens is 1. The first kappa shape index (κ1) is 18.4. The zero-order valence-electron chi connectivity index (χ0n) is 15.9. The summed E-state index contributed by atoms with van der Waals surface area (Å²) in [5.41, 5.74) is -0.725. The number of amides is 2. The van der Waals surface area contributed by atoms with Gasteiger partial charge < -0.3 is 15.0 Å². The first-order valence-electron chi connectivity index (χ1n) is 8.81. The van der Waals surface area contributed by atoms with Gasteiger partial charge in [0.1, 0.15) is 22.6 Å². The Bertz CT molecular complexity index is 824. The van der Waals surface area contributed by atoms with Crippen LogP contribution in [0, 0.1) is 6.92 Å². The molecule has 1 aromatic heterocycles. The third-order valence-electron chi connectivity index (χ3n) is 4.68. The predicted molar refractivity (Wildman–Crippen MR) is 97.5 cm³/mol. The number of hydrogen-bond acceptors (Lipinski definition) is 5. The Kier molecular flexibility index (Phi) is 4.34. The fourth-order valence-corrected chi connectivity index (χ4v) is 3.79. The van der Waals surface area contributed by atoms with Gasteiger partial charge in [-0.2, -0.15) is 0 Å². The molecule has 8 heteroatoms. The van der Waals surface area contributed by atoms with Crippen LogP contribution in [0.15, 0.2) is 10.9 Å². The average Bonchev–Trinajstić information content (AvgIpc) is 2.74. The Labute approximate surface area is 152 Å². The van der Waals surface area contributed by atoms with E-state index >= 15 is 0 Å². The molecule has 8 nitrogen and oxygen atoms in total. The van der Waals surface area contributed by atoms with Gasteiger partial charge >= 0.3 is 6.09 Å². The molecule has 26 heavy (non-hydrogen) atoms. The van der Waals surface area contributed by atoms with Crippen molar-refractivity contribution in [2.75, 3.05) is 25.5 Å². The number of fused-ring (bicyclic) bond motifs is 2. The highest BCUT2D eigenvalue weighted by molar-refractivity contribution is 5.97. The van der Waals surface area contributed by atoms with E-state index < -0.39 is 22.9 Å². The summed E-state index contributed by atoms with van der Waals surface area (Å²) in [6, 6.07) is 1.53. The standard InChI is InChI=1S/C18H26N4O4/c1-11-9-12(19-16(25)26-17(2,3)4)15(24)22-13(11)14(23)20-18(22)7-6-8-21(5)10-18/h9H,6-8,10H2,1-5H3,(H,19,25)(H,20,23). The van der Waals surface area contributed by atoms with E-state index in [1.807, 2.05) is 7.05 Å². The average molecular weight is 362 g/mol. The highest BCUT2D eigenvalue weighted by Gasteiger charge is 2.46. The van der Waals surface area contributed by atoms with Gasteiger partial charge in [-0.15, -0.1) is 0 Å².